The highest BCUT2D eigenvalue weighted by Crippen LogP contribution is 2.12. The number of piperidine rings is 1. The van der Waals surface area contributed by atoms with Gasteiger partial charge < -0.3 is 4.90 Å². The van der Waals surface area contributed by atoms with Crippen molar-refractivity contribution in [3.63, 3.8) is 0 Å². The number of amides is 1. The van der Waals surface area contributed by atoms with Crippen LogP contribution in [-0.2, 0) is 21.4 Å². The number of sulfonamides is 1. The van der Waals surface area contributed by atoms with Crippen molar-refractivity contribution in [2.45, 2.75) is 39.3 Å². The predicted octanol–water partition coefficient (Wildman–Crippen LogP) is 0.0401. The number of rotatable bonds is 4. The third-order valence-corrected chi connectivity index (χ3v) is 4.30. The second kappa shape index (κ2) is 6.15. The fraction of sp³-hybridized carbons (Fsp3) is 0.692. The highest BCUT2D eigenvalue weighted by molar-refractivity contribution is 7.88. The van der Waals surface area contributed by atoms with E-state index in [1.807, 2.05) is 19.9 Å². The zero-order valence-electron chi connectivity index (χ0n) is 12.7. The van der Waals surface area contributed by atoms with Crippen LogP contribution in [0.15, 0.2) is 6.07 Å². The van der Waals surface area contributed by atoms with Crippen molar-refractivity contribution < 1.29 is 13.2 Å². The number of aryl methyl sites for hydroxylation is 2. The van der Waals surface area contributed by atoms with E-state index in [4.69, 9.17) is 0 Å². The maximum atomic E-state index is 12.3. The molecule has 0 aliphatic carbocycles. The Morgan fingerprint density at radius 2 is 2.19 bits per heavy atom. The Morgan fingerprint density at radius 1 is 1.48 bits per heavy atom. The SMILES string of the molecule is Cc1cc(C)n(CC(=O)N2CCCC(NS(C)(=O)=O)C2)n1. The number of likely N-dealkylation sites (tertiary alicyclic amines) is 1. The minimum absolute atomic E-state index is 0.0267. The number of carbonyl (C=O) groups excluding carboxylic acids is 1. The summed E-state index contributed by atoms with van der Waals surface area (Å²) in [6.45, 7) is 5.09. The highest BCUT2D eigenvalue weighted by atomic mass is 32.2. The first-order valence-electron chi connectivity index (χ1n) is 7.01. The van der Waals surface area contributed by atoms with E-state index in [0.29, 0.717) is 13.1 Å². The van der Waals surface area contributed by atoms with Crippen LogP contribution in [0, 0.1) is 13.8 Å². The molecule has 0 aromatic carbocycles. The Hall–Kier alpha value is -1.41. The summed E-state index contributed by atoms with van der Waals surface area (Å²) in [7, 11) is -3.24. The molecule has 1 amide bonds. The van der Waals surface area contributed by atoms with Crippen LogP contribution in [0.1, 0.15) is 24.2 Å². The molecule has 1 aliphatic heterocycles. The first-order valence-corrected chi connectivity index (χ1v) is 8.90. The molecule has 2 rings (SSSR count). The van der Waals surface area contributed by atoms with Gasteiger partial charge in [-0.15, -0.1) is 0 Å². The lowest BCUT2D eigenvalue weighted by atomic mass is 10.1. The largest absolute Gasteiger partial charge is 0.339 e. The van der Waals surface area contributed by atoms with E-state index in [1.165, 1.54) is 0 Å². The van der Waals surface area contributed by atoms with E-state index in [2.05, 4.69) is 9.82 Å². The van der Waals surface area contributed by atoms with Crippen LogP contribution >= 0.6 is 0 Å². The van der Waals surface area contributed by atoms with Gasteiger partial charge >= 0.3 is 0 Å². The molecule has 7 nitrogen and oxygen atoms in total. The lowest BCUT2D eigenvalue weighted by Gasteiger charge is -2.32. The van der Waals surface area contributed by atoms with Crippen LogP contribution in [-0.4, -0.2) is 54.4 Å². The molecule has 2 heterocycles. The van der Waals surface area contributed by atoms with Gasteiger partial charge in [0.05, 0.1) is 11.9 Å². The molecule has 1 aromatic heterocycles. The summed E-state index contributed by atoms with van der Waals surface area (Å²) in [6, 6.07) is 1.73. The lowest BCUT2D eigenvalue weighted by molar-refractivity contribution is -0.133. The minimum Gasteiger partial charge on any atom is -0.339 e. The molecule has 1 unspecified atom stereocenters. The first kappa shape index (κ1) is 16.0. The molecule has 1 aromatic rings. The van der Waals surface area contributed by atoms with Crippen molar-refractivity contribution >= 4 is 15.9 Å². The van der Waals surface area contributed by atoms with E-state index in [0.717, 1.165) is 30.5 Å². The highest BCUT2D eigenvalue weighted by Gasteiger charge is 2.25. The maximum absolute atomic E-state index is 12.3. The number of nitrogens with zero attached hydrogens (tertiary/aromatic N) is 3. The molecule has 8 heteroatoms. The topological polar surface area (TPSA) is 84.3 Å². The van der Waals surface area contributed by atoms with Gasteiger partial charge in [0.1, 0.15) is 6.54 Å². The maximum Gasteiger partial charge on any atom is 0.244 e. The standard InChI is InChI=1S/C13H22N4O3S/c1-10-7-11(2)17(14-10)9-13(18)16-6-4-5-12(8-16)15-21(3,19)20/h7,12,15H,4-6,8-9H2,1-3H3. The third kappa shape index (κ3) is 4.53. The van der Waals surface area contributed by atoms with Crippen LogP contribution in [0.25, 0.3) is 0 Å². The molecule has 1 saturated heterocycles. The molecule has 21 heavy (non-hydrogen) atoms. The van der Waals surface area contributed by atoms with E-state index >= 15 is 0 Å². The van der Waals surface area contributed by atoms with Crippen molar-refractivity contribution in [1.82, 2.24) is 19.4 Å². The number of hydrogen-bond acceptors (Lipinski definition) is 4. The van der Waals surface area contributed by atoms with E-state index in [9.17, 15) is 13.2 Å². The molecule has 118 valence electrons. The van der Waals surface area contributed by atoms with Gasteiger partial charge in [-0.1, -0.05) is 0 Å². The van der Waals surface area contributed by atoms with E-state index < -0.39 is 10.0 Å². The number of carbonyl (C=O) groups is 1. The predicted molar refractivity (Wildman–Crippen MR) is 79.3 cm³/mol. The van der Waals surface area contributed by atoms with Crippen molar-refractivity contribution in [3.05, 3.63) is 17.5 Å². The molecular weight excluding hydrogens is 292 g/mol. The fourth-order valence-electron chi connectivity index (χ4n) is 2.67. The normalized spacial score (nSPS) is 19.8. The lowest BCUT2D eigenvalue weighted by Crippen LogP contribution is -2.50. The molecule has 0 saturated carbocycles. The average molecular weight is 314 g/mol. The summed E-state index contributed by atoms with van der Waals surface area (Å²) in [5.74, 6) is -0.0267. The van der Waals surface area contributed by atoms with E-state index in [-0.39, 0.29) is 18.5 Å². The molecule has 0 bridgehead atoms. The van der Waals surface area contributed by atoms with Gasteiger partial charge in [0.2, 0.25) is 15.9 Å². The second-order valence-corrected chi connectivity index (χ2v) is 7.43. The Labute approximate surface area is 125 Å². The summed E-state index contributed by atoms with van der Waals surface area (Å²) in [5.41, 5.74) is 1.83. The Bertz CT molecular complexity index is 623. The van der Waals surface area contributed by atoms with Crippen molar-refractivity contribution in [1.29, 1.82) is 0 Å². The molecule has 1 fully saturated rings. The van der Waals surface area contributed by atoms with Crippen LogP contribution in [0.3, 0.4) is 0 Å². The summed E-state index contributed by atoms with van der Waals surface area (Å²) < 4.78 is 26.8. The first-order chi connectivity index (χ1) is 9.74. The van der Waals surface area contributed by atoms with Gasteiger partial charge in [0.25, 0.3) is 0 Å². The quantitative estimate of drug-likeness (QED) is 0.850. The van der Waals surface area contributed by atoms with E-state index in [1.54, 1.807) is 9.58 Å². The summed E-state index contributed by atoms with van der Waals surface area (Å²) in [5, 5.41) is 4.28. The summed E-state index contributed by atoms with van der Waals surface area (Å²) in [4.78, 5) is 14.0. The van der Waals surface area contributed by atoms with Gasteiger partial charge in [-0.25, -0.2) is 13.1 Å². The second-order valence-electron chi connectivity index (χ2n) is 5.65. The number of aromatic nitrogens is 2. The fourth-order valence-corrected chi connectivity index (χ4v) is 3.46. The molecule has 0 radical (unpaired) electrons. The Balaban J connectivity index is 1.97. The van der Waals surface area contributed by atoms with Crippen LogP contribution in [0.5, 0.6) is 0 Å². The molecular formula is C13H22N4O3S. The van der Waals surface area contributed by atoms with Crippen molar-refractivity contribution in [3.8, 4) is 0 Å². The Kier molecular flexibility index (Phi) is 4.67. The summed E-state index contributed by atoms with van der Waals surface area (Å²) >= 11 is 0. The van der Waals surface area contributed by atoms with Gasteiger partial charge in [-0.3, -0.25) is 9.48 Å². The monoisotopic (exact) mass is 314 g/mol. The van der Waals surface area contributed by atoms with Crippen LogP contribution < -0.4 is 4.72 Å². The number of nitrogens with one attached hydrogen (secondary N) is 1. The van der Waals surface area contributed by atoms with Gasteiger partial charge in [-0.2, -0.15) is 5.10 Å². The minimum atomic E-state index is -3.24. The smallest absolute Gasteiger partial charge is 0.244 e. The average Bonchev–Trinajstić information content (AvgIpc) is 2.66. The van der Waals surface area contributed by atoms with Crippen molar-refractivity contribution in [2.24, 2.45) is 0 Å². The van der Waals surface area contributed by atoms with Crippen LogP contribution in [0.4, 0.5) is 0 Å². The zero-order valence-corrected chi connectivity index (χ0v) is 13.5. The molecule has 1 N–H and O–H groups in total. The third-order valence-electron chi connectivity index (χ3n) is 3.54. The number of hydrogen-bond donors (Lipinski definition) is 1. The summed E-state index contributed by atoms with van der Waals surface area (Å²) in [6.07, 6.45) is 2.70. The Morgan fingerprint density at radius 3 is 2.76 bits per heavy atom. The zero-order chi connectivity index (χ0) is 15.6. The molecule has 1 atom stereocenters. The van der Waals surface area contributed by atoms with Gasteiger partial charge in [0, 0.05) is 24.8 Å². The van der Waals surface area contributed by atoms with Crippen molar-refractivity contribution in [2.75, 3.05) is 19.3 Å². The van der Waals surface area contributed by atoms with Gasteiger partial charge in [-0.05, 0) is 32.8 Å². The molecule has 0 spiro atoms. The van der Waals surface area contributed by atoms with Crippen LogP contribution in [0.2, 0.25) is 0 Å². The van der Waals surface area contributed by atoms with Gasteiger partial charge in [0.15, 0.2) is 0 Å². The molecule has 1 aliphatic rings.